The molecule has 0 atom stereocenters. The minimum absolute atomic E-state index is 0. The molecule has 1 saturated heterocycles. The first kappa shape index (κ1) is 21.2. The van der Waals surface area contributed by atoms with Crippen LogP contribution in [0.3, 0.4) is 0 Å². The fourth-order valence-corrected chi connectivity index (χ4v) is 8.19. The Balaban J connectivity index is 0.00000225. The summed E-state index contributed by atoms with van der Waals surface area (Å²) in [4.78, 5) is 0. The summed E-state index contributed by atoms with van der Waals surface area (Å²) in [6.07, 6.45) is 2.85. The molecule has 0 saturated carbocycles. The summed E-state index contributed by atoms with van der Waals surface area (Å²) in [5, 5.41) is 4.25. The maximum absolute atomic E-state index is 5.88. The van der Waals surface area contributed by atoms with Crippen LogP contribution in [0.15, 0.2) is 91.0 Å². The molecule has 3 aromatic rings. The van der Waals surface area contributed by atoms with E-state index in [-0.39, 0.29) is 23.3 Å². The van der Waals surface area contributed by atoms with Gasteiger partial charge < -0.3 is 9.47 Å². The van der Waals surface area contributed by atoms with E-state index in [9.17, 15) is 0 Å². The lowest BCUT2D eigenvalue weighted by Crippen LogP contribution is -2.35. The third-order valence-electron chi connectivity index (χ3n) is 5.19. The van der Waals surface area contributed by atoms with Crippen LogP contribution >= 0.6 is 24.2 Å². The van der Waals surface area contributed by atoms with E-state index in [2.05, 4.69) is 91.0 Å². The van der Waals surface area contributed by atoms with Gasteiger partial charge in [0, 0.05) is 6.42 Å². The Hall–Kier alpha value is -1.51. The second-order valence-corrected chi connectivity index (χ2v) is 10.5. The van der Waals surface area contributed by atoms with Crippen LogP contribution in [0.5, 0.6) is 0 Å². The van der Waals surface area contributed by atoms with E-state index in [1.54, 1.807) is 0 Å². The van der Waals surface area contributed by atoms with Crippen LogP contribution in [-0.4, -0.2) is 25.7 Å². The highest BCUT2D eigenvalue weighted by Crippen LogP contribution is 2.56. The first-order valence-electron chi connectivity index (χ1n) is 9.68. The molecular weight excluding hydrogens is 431 g/mol. The van der Waals surface area contributed by atoms with E-state index in [4.69, 9.17) is 9.47 Å². The fourth-order valence-electron chi connectivity index (χ4n) is 3.88. The number of ether oxygens (including phenoxy) is 2. The smallest absolute Gasteiger partial charge is 0.161 e. The van der Waals surface area contributed by atoms with Crippen molar-refractivity contribution in [3.63, 3.8) is 0 Å². The Morgan fingerprint density at radius 3 is 1.43 bits per heavy atom. The summed E-state index contributed by atoms with van der Waals surface area (Å²) in [5.74, 6) is 0. The molecule has 0 aliphatic carbocycles. The molecule has 28 heavy (non-hydrogen) atoms. The van der Waals surface area contributed by atoms with Gasteiger partial charge >= 0.3 is 0 Å². The molecule has 1 fully saturated rings. The molecule has 0 N–H and O–H groups in total. The van der Waals surface area contributed by atoms with Crippen molar-refractivity contribution in [1.29, 1.82) is 0 Å². The average Bonchev–Trinajstić information content (AvgIpc) is 2.77. The minimum Gasteiger partial charge on any atom is -0.352 e. The molecule has 0 spiro atoms. The van der Waals surface area contributed by atoms with E-state index in [1.807, 2.05) is 0 Å². The molecule has 1 aliphatic heterocycles. The van der Waals surface area contributed by atoms with E-state index in [0.29, 0.717) is 0 Å². The topological polar surface area (TPSA) is 18.5 Å². The molecular formula is C24H27BrO2P+. The highest BCUT2D eigenvalue weighted by atomic mass is 79.9. The van der Waals surface area contributed by atoms with Crippen molar-refractivity contribution < 1.29 is 9.47 Å². The maximum atomic E-state index is 5.88. The summed E-state index contributed by atoms with van der Waals surface area (Å²) >= 11 is 0. The molecule has 0 radical (unpaired) electrons. The van der Waals surface area contributed by atoms with Crippen LogP contribution in [0.25, 0.3) is 0 Å². The van der Waals surface area contributed by atoms with Crippen LogP contribution in [0.2, 0.25) is 0 Å². The van der Waals surface area contributed by atoms with Crippen molar-refractivity contribution >= 4 is 40.2 Å². The number of rotatable bonds is 6. The SMILES string of the molecule is Br.c1ccc([P+](CCC2OCCCO2)(c2ccccc2)c2ccccc2)cc1. The number of halogens is 1. The van der Waals surface area contributed by atoms with Crippen molar-refractivity contribution in [3.8, 4) is 0 Å². The van der Waals surface area contributed by atoms with Gasteiger partial charge in [-0.05, 0) is 42.8 Å². The molecule has 1 aliphatic rings. The van der Waals surface area contributed by atoms with Gasteiger partial charge in [-0.2, -0.15) is 0 Å². The first-order chi connectivity index (χ1) is 13.4. The van der Waals surface area contributed by atoms with Gasteiger partial charge in [0.25, 0.3) is 0 Å². The number of hydrogen-bond donors (Lipinski definition) is 0. The van der Waals surface area contributed by atoms with Gasteiger partial charge in [0.2, 0.25) is 0 Å². The quantitative estimate of drug-likeness (QED) is 0.499. The van der Waals surface area contributed by atoms with E-state index >= 15 is 0 Å². The molecule has 0 bridgehead atoms. The zero-order valence-corrected chi connectivity index (χ0v) is 18.6. The standard InChI is InChI=1S/C24H26O2P.BrH/c1-4-11-21(12-5-1)27(22-13-6-2-7-14-22,23-15-8-3-9-16-23)20-17-24-25-18-10-19-26-24;/h1-9,11-16,24H,10,17-20H2;1H/q+1;. The normalized spacial score (nSPS) is 15.0. The fraction of sp³-hybridized carbons (Fsp3) is 0.250. The highest BCUT2D eigenvalue weighted by Gasteiger charge is 2.45. The summed E-state index contributed by atoms with van der Waals surface area (Å²) in [6, 6.07) is 33.0. The van der Waals surface area contributed by atoms with Crippen LogP contribution in [0.4, 0.5) is 0 Å². The van der Waals surface area contributed by atoms with Crippen molar-refractivity contribution in [2.45, 2.75) is 19.1 Å². The Morgan fingerprint density at radius 2 is 1.04 bits per heavy atom. The Morgan fingerprint density at radius 1 is 0.643 bits per heavy atom. The largest absolute Gasteiger partial charge is 0.352 e. The third-order valence-corrected chi connectivity index (χ3v) is 9.66. The van der Waals surface area contributed by atoms with Gasteiger partial charge in [-0.1, -0.05) is 54.6 Å². The molecule has 146 valence electrons. The Kier molecular flexibility index (Phi) is 7.82. The second kappa shape index (κ2) is 10.3. The van der Waals surface area contributed by atoms with Crippen molar-refractivity contribution in [2.24, 2.45) is 0 Å². The second-order valence-electron chi connectivity index (χ2n) is 6.85. The lowest BCUT2D eigenvalue weighted by Gasteiger charge is -2.30. The summed E-state index contributed by atoms with van der Waals surface area (Å²) in [7, 11) is -1.78. The number of hydrogen-bond acceptors (Lipinski definition) is 2. The van der Waals surface area contributed by atoms with Crippen molar-refractivity contribution in [3.05, 3.63) is 91.0 Å². The predicted octanol–water partition coefficient (Wildman–Crippen LogP) is 4.71. The van der Waals surface area contributed by atoms with Gasteiger partial charge in [0.05, 0.1) is 19.4 Å². The van der Waals surface area contributed by atoms with Gasteiger partial charge in [-0.25, -0.2) is 0 Å². The minimum atomic E-state index is -1.78. The molecule has 4 heteroatoms. The van der Waals surface area contributed by atoms with Crippen molar-refractivity contribution in [2.75, 3.05) is 19.4 Å². The summed E-state index contributed by atoms with van der Waals surface area (Å²) < 4.78 is 11.8. The van der Waals surface area contributed by atoms with E-state index in [0.717, 1.165) is 32.2 Å². The first-order valence-corrected chi connectivity index (χ1v) is 11.7. The van der Waals surface area contributed by atoms with Gasteiger partial charge in [-0.3, -0.25) is 0 Å². The molecule has 0 amide bonds. The number of benzene rings is 3. The van der Waals surface area contributed by atoms with Gasteiger partial charge in [0.1, 0.15) is 23.2 Å². The van der Waals surface area contributed by atoms with Crippen molar-refractivity contribution in [1.82, 2.24) is 0 Å². The molecule has 1 heterocycles. The Labute approximate surface area is 179 Å². The monoisotopic (exact) mass is 457 g/mol. The van der Waals surface area contributed by atoms with Gasteiger partial charge in [0.15, 0.2) is 6.29 Å². The molecule has 0 aromatic heterocycles. The summed E-state index contributed by atoms with van der Waals surface area (Å²) in [6.45, 7) is 1.61. The predicted molar refractivity (Wildman–Crippen MR) is 125 cm³/mol. The molecule has 2 nitrogen and oxygen atoms in total. The molecule has 4 rings (SSSR count). The van der Waals surface area contributed by atoms with Crippen LogP contribution in [-0.2, 0) is 9.47 Å². The molecule has 3 aromatic carbocycles. The van der Waals surface area contributed by atoms with E-state index in [1.165, 1.54) is 15.9 Å². The van der Waals surface area contributed by atoms with Crippen LogP contribution < -0.4 is 15.9 Å². The highest BCUT2D eigenvalue weighted by molar-refractivity contribution is 8.93. The van der Waals surface area contributed by atoms with Gasteiger partial charge in [-0.15, -0.1) is 17.0 Å². The van der Waals surface area contributed by atoms with E-state index < -0.39 is 7.26 Å². The van der Waals surface area contributed by atoms with Crippen LogP contribution in [0.1, 0.15) is 12.8 Å². The average molecular weight is 458 g/mol. The zero-order chi connectivity index (χ0) is 18.4. The Bertz CT molecular complexity index is 724. The maximum Gasteiger partial charge on any atom is 0.161 e. The zero-order valence-electron chi connectivity index (χ0n) is 15.9. The van der Waals surface area contributed by atoms with Crippen LogP contribution in [0, 0.1) is 0 Å². The lowest BCUT2D eigenvalue weighted by molar-refractivity contribution is -0.178. The summed E-state index contributed by atoms with van der Waals surface area (Å²) in [5.41, 5.74) is 0. The lowest BCUT2D eigenvalue weighted by atomic mass is 10.3. The third kappa shape index (κ3) is 4.55. The molecule has 0 unspecified atom stereocenters.